The molecule has 0 bridgehead atoms. The lowest BCUT2D eigenvalue weighted by Gasteiger charge is -2.36. The summed E-state index contributed by atoms with van der Waals surface area (Å²) in [7, 11) is 2.22. The van der Waals surface area contributed by atoms with Crippen molar-refractivity contribution >= 4 is 0 Å². The lowest BCUT2D eigenvalue weighted by atomic mass is 9.86. The van der Waals surface area contributed by atoms with Gasteiger partial charge < -0.3 is 5.73 Å². The Kier molecular flexibility index (Phi) is 4.20. The number of nitrogens with two attached hydrogens (primary N) is 1. The number of hydrogen-bond donors (Lipinski definition) is 1. The first-order valence-electron chi connectivity index (χ1n) is 5.57. The van der Waals surface area contributed by atoms with Crippen molar-refractivity contribution in [3.63, 3.8) is 0 Å². The summed E-state index contributed by atoms with van der Waals surface area (Å²) < 4.78 is 0. The van der Waals surface area contributed by atoms with E-state index >= 15 is 0 Å². The molecule has 0 spiro atoms. The maximum atomic E-state index is 5.67. The third-order valence-corrected chi connectivity index (χ3v) is 3.60. The summed E-state index contributed by atoms with van der Waals surface area (Å²) in [6, 6.07) is 1.33. The van der Waals surface area contributed by atoms with Gasteiger partial charge in [0.15, 0.2) is 0 Å². The van der Waals surface area contributed by atoms with Gasteiger partial charge in [0.1, 0.15) is 0 Å². The van der Waals surface area contributed by atoms with Crippen molar-refractivity contribution in [3.8, 4) is 0 Å². The normalized spacial score (nSPS) is 32.1. The van der Waals surface area contributed by atoms with Crippen LogP contribution >= 0.6 is 0 Å². The Hall–Kier alpha value is -0.0800. The van der Waals surface area contributed by atoms with E-state index in [4.69, 9.17) is 5.73 Å². The van der Waals surface area contributed by atoms with Crippen molar-refractivity contribution in [2.75, 3.05) is 13.6 Å². The highest BCUT2D eigenvalue weighted by Crippen LogP contribution is 2.27. The van der Waals surface area contributed by atoms with Gasteiger partial charge in [-0.15, -0.1) is 0 Å². The van der Waals surface area contributed by atoms with Crippen LogP contribution in [0.4, 0.5) is 0 Å². The Labute approximate surface area is 82.5 Å². The molecule has 0 heterocycles. The number of likely N-dealkylation sites (N-methyl/N-ethyl adjacent to an activating group) is 1. The van der Waals surface area contributed by atoms with Crippen LogP contribution < -0.4 is 5.73 Å². The predicted octanol–water partition coefficient (Wildman–Crippen LogP) is 1.84. The molecule has 1 atom stereocenters. The van der Waals surface area contributed by atoms with Crippen molar-refractivity contribution in [1.29, 1.82) is 0 Å². The van der Waals surface area contributed by atoms with Gasteiger partial charge in [0.25, 0.3) is 0 Å². The van der Waals surface area contributed by atoms with Gasteiger partial charge >= 0.3 is 0 Å². The van der Waals surface area contributed by atoms with E-state index in [1.54, 1.807) is 0 Å². The SMILES string of the molecule is CC1CCC(N(C)[C@@H](C)CN)CC1. The van der Waals surface area contributed by atoms with Gasteiger partial charge in [0.05, 0.1) is 0 Å². The van der Waals surface area contributed by atoms with Gasteiger partial charge in [0, 0.05) is 18.6 Å². The summed E-state index contributed by atoms with van der Waals surface area (Å²) in [4.78, 5) is 2.46. The molecule has 0 aromatic carbocycles. The largest absolute Gasteiger partial charge is 0.329 e. The van der Waals surface area contributed by atoms with Crippen LogP contribution in [0.3, 0.4) is 0 Å². The van der Waals surface area contributed by atoms with E-state index in [9.17, 15) is 0 Å². The van der Waals surface area contributed by atoms with E-state index in [-0.39, 0.29) is 0 Å². The molecule has 1 rings (SSSR count). The van der Waals surface area contributed by atoms with E-state index < -0.39 is 0 Å². The van der Waals surface area contributed by atoms with Crippen molar-refractivity contribution in [2.24, 2.45) is 11.7 Å². The van der Waals surface area contributed by atoms with E-state index in [1.807, 2.05) is 0 Å². The Morgan fingerprint density at radius 3 is 2.31 bits per heavy atom. The molecule has 1 aliphatic carbocycles. The van der Waals surface area contributed by atoms with Gasteiger partial charge in [-0.3, -0.25) is 4.90 Å². The molecule has 0 aromatic heterocycles. The van der Waals surface area contributed by atoms with E-state index in [0.29, 0.717) is 6.04 Å². The molecule has 13 heavy (non-hydrogen) atoms. The first kappa shape index (κ1) is 11.0. The fourth-order valence-corrected chi connectivity index (χ4v) is 2.18. The molecule has 0 radical (unpaired) electrons. The van der Waals surface area contributed by atoms with Crippen LogP contribution in [0.25, 0.3) is 0 Å². The lowest BCUT2D eigenvalue weighted by Crippen LogP contribution is -2.43. The Morgan fingerprint density at radius 2 is 1.85 bits per heavy atom. The second-order valence-electron chi connectivity index (χ2n) is 4.66. The van der Waals surface area contributed by atoms with Crippen LogP contribution in [0.1, 0.15) is 39.5 Å². The number of nitrogens with zero attached hydrogens (tertiary/aromatic N) is 1. The van der Waals surface area contributed by atoms with Crippen molar-refractivity contribution < 1.29 is 0 Å². The van der Waals surface area contributed by atoms with Crippen molar-refractivity contribution in [1.82, 2.24) is 4.90 Å². The zero-order valence-corrected chi connectivity index (χ0v) is 9.29. The van der Waals surface area contributed by atoms with Crippen LogP contribution in [0.5, 0.6) is 0 Å². The zero-order valence-electron chi connectivity index (χ0n) is 9.29. The standard InChI is InChI=1S/C11H24N2/c1-9-4-6-11(7-5-9)13(3)10(2)8-12/h9-11H,4-8,12H2,1-3H3/t9?,10-,11?/m0/s1. The minimum atomic E-state index is 0.540. The summed E-state index contributed by atoms with van der Waals surface area (Å²) in [5.74, 6) is 0.942. The summed E-state index contributed by atoms with van der Waals surface area (Å²) in [6.45, 7) is 5.36. The fraction of sp³-hybridized carbons (Fsp3) is 1.00. The predicted molar refractivity (Wildman–Crippen MR) is 57.7 cm³/mol. The molecule has 1 aliphatic rings. The van der Waals surface area contributed by atoms with Gasteiger partial charge in [-0.2, -0.15) is 0 Å². The molecular weight excluding hydrogens is 160 g/mol. The minimum Gasteiger partial charge on any atom is -0.329 e. The van der Waals surface area contributed by atoms with Crippen LogP contribution in [0.15, 0.2) is 0 Å². The maximum absolute atomic E-state index is 5.67. The second kappa shape index (κ2) is 4.97. The van der Waals surface area contributed by atoms with Crippen LogP contribution in [0.2, 0.25) is 0 Å². The summed E-state index contributed by atoms with van der Waals surface area (Å²) in [5.41, 5.74) is 5.67. The molecule has 0 aromatic rings. The van der Waals surface area contributed by atoms with Crippen LogP contribution in [-0.4, -0.2) is 30.6 Å². The molecular formula is C11H24N2. The average molecular weight is 184 g/mol. The minimum absolute atomic E-state index is 0.540. The molecule has 1 saturated carbocycles. The molecule has 78 valence electrons. The van der Waals surface area contributed by atoms with Crippen molar-refractivity contribution in [3.05, 3.63) is 0 Å². The third-order valence-electron chi connectivity index (χ3n) is 3.60. The van der Waals surface area contributed by atoms with Crippen LogP contribution in [-0.2, 0) is 0 Å². The maximum Gasteiger partial charge on any atom is 0.0190 e. The second-order valence-corrected chi connectivity index (χ2v) is 4.66. The van der Waals surface area contributed by atoms with E-state index in [1.165, 1.54) is 25.7 Å². The fourth-order valence-electron chi connectivity index (χ4n) is 2.18. The zero-order chi connectivity index (χ0) is 9.84. The summed E-state index contributed by atoms with van der Waals surface area (Å²) in [5, 5.41) is 0. The summed E-state index contributed by atoms with van der Waals surface area (Å²) >= 11 is 0. The number of rotatable bonds is 3. The highest BCUT2D eigenvalue weighted by atomic mass is 15.2. The quantitative estimate of drug-likeness (QED) is 0.725. The highest BCUT2D eigenvalue weighted by molar-refractivity contribution is 4.79. The molecule has 1 fully saturated rings. The Balaban J connectivity index is 2.35. The van der Waals surface area contributed by atoms with Gasteiger partial charge in [-0.1, -0.05) is 6.92 Å². The van der Waals surface area contributed by atoms with Gasteiger partial charge in [-0.25, -0.2) is 0 Å². The van der Waals surface area contributed by atoms with Crippen LogP contribution in [0, 0.1) is 5.92 Å². The topological polar surface area (TPSA) is 29.3 Å². The first-order chi connectivity index (χ1) is 6.15. The third kappa shape index (κ3) is 2.96. The van der Waals surface area contributed by atoms with E-state index in [0.717, 1.165) is 18.5 Å². The smallest absolute Gasteiger partial charge is 0.0190 e. The molecule has 2 nitrogen and oxygen atoms in total. The molecule has 2 N–H and O–H groups in total. The molecule has 0 saturated heterocycles. The first-order valence-corrected chi connectivity index (χ1v) is 5.57. The monoisotopic (exact) mass is 184 g/mol. The highest BCUT2D eigenvalue weighted by Gasteiger charge is 2.23. The molecule has 0 unspecified atom stereocenters. The Bertz CT molecular complexity index is 139. The molecule has 2 heteroatoms. The number of hydrogen-bond acceptors (Lipinski definition) is 2. The van der Waals surface area contributed by atoms with E-state index in [2.05, 4.69) is 25.8 Å². The lowest BCUT2D eigenvalue weighted by molar-refractivity contribution is 0.134. The molecule has 0 aliphatic heterocycles. The van der Waals surface area contributed by atoms with Crippen molar-refractivity contribution in [2.45, 2.75) is 51.6 Å². The summed E-state index contributed by atoms with van der Waals surface area (Å²) in [6.07, 6.45) is 5.52. The van der Waals surface area contributed by atoms with Gasteiger partial charge in [-0.05, 0) is 45.6 Å². The molecule has 0 amide bonds. The average Bonchev–Trinajstić information content (AvgIpc) is 2.17. The Morgan fingerprint density at radius 1 is 1.31 bits per heavy atom. The van der Waals surface area contributed by atoms with Gasteiger partial charge in [0.2, 0.25) is 0 Å².